The van der Waals surface area contributed by atoms with Gasteiger partial charge in [-0.25, -0.2) is 4.98 Å². The largest absolute Gasteiger partial charge is 0.377 e. The molecule has 3 rings (SSSR count). The minimum absolute atomic E-state index is 0.0669. The van der Waals surface area contributed by atoms with E-state index in [0.29, 0.717) is 19.8 Å². The number of aryl methyl sites for hydroxylation is 2. The number of carbonyl (C=O) groups is 1. The summed E-state index contributed by atoms with van der Waals surface area (Å²) >= 11 is 3.11. The fraction of sp³-hybridized carbons (Fsp3) is 0.429. The molecule has 0 N–H and O–H groups in total. The predicted molar refractivity (Wildman–Crippen MR) is 80.5 cm³/mol. The van der Waals surface area contributed by atoms with Crippen LogP contribution in [0.15, 0.2) is 16.8 Å². The maximum absolute atomic E-state index is 12.7. The van der Waals surface area contributed by atoms with Crippen LogP contribution in [0.3, 0.4) is 0 Å². The molecular formula is C14H16N2O2S2. The van der Waals surface area contributed by atoms with Crippen molar-refractivity contribution in [3.63, 3.8) is 0 Å². The molecular weight excluding hydrogens is 292 g/mol. The van der Waals surface area contributed by atoms with Gasteiger partial charge in [-0.2, -0.15) is 0 Å². The van der Waals surface area contributed by atoms with Crippen molar-refractivity contribution in [1.82, 2.24) is 9.88 Å². The number of amides is 1. The first-order valence-corrected chi connectivity index (χ1v) is 8.27. The fourth-order valence-electron chi connectivity index (χ4n) is 2.35. The second kappa shape index (κ2) is 5.63. The third-order valence-electron chi connectivity index (χ3n) is 3.42. The molecule has 1 saturated heterocycles. The summed E-state index contributed by atoms with van der Waals surface area (Å²) in [6.45, 7) is 5.70. The molecule has 0 aliphatic carbocycles. The van der Waals surface area contributed by atoms with E-state index in [-0.39, 0.29) is 11.9 Å². The molecule has 20 heavy (non-hydrogen) atoms. The summed E-state index contributed by atoms with van der Waals surface area (Å²) in [6, 6.07) is 1.92. The summed E-state index contributed by atoms with van der Waals surface area (Å²) in [4.78, 5) is 20.0. The van der Waals surface area contributed by atoms with E-state index in [4.69, 9.17) is 4.74 Å². The lowest BCUT2D eigenvalue weighted by Crippen LogP contribution is -2.43. The minimum atomic E-state index is -0.0669. The van der Waals surface area contributed by atoms with Crippen LogP contribution in [0.25, 0.3) is 0 Å². The Labute approximate surface area is 126 Å². The molecule has 3 heterocycles. The van der Waals surface area contributed by atoms with Gasteiger partial charge in [-0.1, -0.05) is 0 Å². The molecule has 0 radical (unpaired) electrons. The molecule has 0 saturated carbocycles. The van der Waals surface area contributed by atoms with E-state index in [1.54, 1.807) is 11.3 Å². The van der Waals surface area contributed by atoms with E-state index >= 15 is 0 Å². The molecule has 1 aliphatic heterocycles. The maximum Gasteiger partial charge on any atom is 0.264 e. The highest BCUT2D eigenvalue weighted by Crippen LogP contribution is 2.29. The van der Waals surface area contributed by atoms with Crippen LogP contribution in [0, 0.1) is 13.8 Å². The van der Waals surface area contributed by atoms with Gasteiger partial charge in [0.05, 0.1) is 34.8 Å². The molecule has 1 fully saturated rings. The number of ether oxygens (including phenoxy) is 1. The van der Waals surface area contributed by atoms with Crippen LogP contribution in [-0.2, 0) is 4.74 Å². The molecule has 0 aromatic carbocycles. The van der Waals surface area contributed by atoms with Crippen molar-refractivity contribution in [2.24, 2.45) is 0 Å². The third-order valence-corrected chi connectivity index (χ3v) is 5.22. The number of rotatable bonds is 2. The monoisotopic (exact) mass is 308 g/mol. The first-order valence-electron chi connectivity index (χ1n) is 6.51. The van der Waals surface area contributed by atoms with Crippen molar-refractivity contribution in [3.05, 3.63) is 38.0 Å². The Morgan fingerprint density at radius 3 is 2.95 bits per heavy atom. The zero-order valence-electron chi connectivity index (χ0n) is 11.5. The SMILES string of the molecule is Cc1nc(C2COCCN2C(=O)c2sccc2C)cs1. The van der Waals surface area contributed by atoms with Crippen molar-refractivity contribution in [1.29, 1.82) is 0 Å². The van der Waals surface area contributed by atoms with Crippen molar-refractivity contribution in [2.45, 2.75) is 19.9 Å². The van der Waals surface area contributed by atoms with Gasteiger partial charge in [-0.15, -0.1) is 22.7 Å². The number of morpholine rings is 1. The molecule has 6 heteroatoms. The molecule has 106 valence electrons. The third kappa shape index (κ3) is 2.51. The summed E-state index contributed by atoms with van der Waals surface area (Å²) in [6.07, 6.45) is 0. The molecule has 1 atom stereocenters. The number of hydrogen-bond donors (Lipinski definition) is 0. The van der Waals surface area contributed by atoms with Crippen molar-refractivity contribution >= 4 is 28.6 Å². The van der Waals surface area contributed by atoms with Crippen LogP contribution < -0.4 is 0 Å². The predicted octanol–water partition coefficient (Wildman–Crippen LogP) is 3.04. The van der Waals surface area contributed by atoms with Gasteiger partial charge in [-0.05, 0) is 30.9 Å². The number of thiazole rings is 1. The van der Waals surface area contributed by atoms with E-state index in [0.717, 1.165) is 21.1 Å². The zero-order chi connectivity index (χ0) is 14.1. The van der Waals surface area contributed by atoms with E-state index in [2.05, 4.69) is 4.98 Å². The molecule has 1 amide bonds. The summed E-state index contributed by atoms with van der Waals surface area (Å²) in [5.74, 6) is 0.0939. The molecule has 4 nitrogen and oxygen atoms in total. The van der Waals surface area contributed by atoms with Gasteiger partial charge in [-0.3, -0.25) is 4.79 Å². The van der Waals surface area contributed by atoms with E-state index in [1.807, 2.05) is 35.6 Å². The Morgan fingerprint density at radius 1 is 1.45 bits per heavy atom. The lowest BCUT2D eigenvalue weighted by atomic mass is 10.1. The van der Waals surface area contributed by atoms with Crippen molar-refractivity contribution < 1.29 is 9.53 Å². The van der Waals surface area contributed by atoms with Gasteiger partial charge >= 0.3 is 0 Å². The second-order valence-corrected chi connectivity index (χ2v) is 6.79. The number of thiophene rings is 1. The Bertz CT molecular complexity index is 620. The van der Waals surface area contributed by atoms with Crippen LogP contribution in [-0.4, -0.2) is 35.5 Å². The van der Waals surface area contributed by atoms with Gasteiger partial charge < -0.3 is 9.64 Å². The summed E-state index contributed by atoms with van der Waals surface area (Å²) in [5.41, 5.74) is 1.98. The maximum atomic E-state index is 12.7. The van der Waals surface area contributed by atoms with Crippen molar-refractivity contribution in [3.8, 4) is 0 Å². The first-order chi connectivity index (χ1) is 9.66. The average molecular weight is 308 g/mol. The highest BCUT2D eigenvalue weighted by molar-refractivity contribution is 7.12. The molecule has 1 unspecified atom stereocenters. The van der Waals surface area contributed by atoms with Gasteiger partial charge in [0.2, 0.25) is 0 Å². The lowest BCUT2D eigenvalue weighted by molar-refractivity contribution is -0.00353. The summed E-state index contributed by atoms with van der Waals surface area (Å²) < 4.78 is 5.55. The van der Waals surface area contributed by atoms with Gasteiger partial charge in [0.25, 0.3) is 5.91 Å². The highest BCUT2D eigenvalue weighted by atomic mass is 32.1. The Hall–Kier alpha value is -1.24. The van der Waals surface area contributed by atoms with Crippen LogP contribution in [0.4, 0.5) is 0 Å². The van der Waals surface area contributed by atoms with Gasteiger partial charge in [0.1, 0.15) is 0 Å². The summed E-state index contributed by atoms with van der Waals surface area (Å²) in [5, 5.41) is 5.01. The minimum Gasteiger partial charge on any atom is -0.377 e. The molecule has 0 bridgehead atoms. The Kier molecular flexibility index (Phi) is 3.87. The van der Waals surface area contributed by atoms with Crippen LogP contribution in [0.5, 0.6) is 0 Å². The lowest BCUT2D eigenvalue weighted by Gasteiger charge is -2.34. The fourth-order valence-corrected chi connectivity index (χ4v) is 3.89. The normalized spacial score (nSPS) is 19.3. The van der Waals surface area contributed by atoms with E-state index in [9.17, 15) is 4.79 Å². The zero-order valence-corrected chi connectivity index (χ0v) is 13.1. The Balaban J connectivity index is 1.89. The van der Waals surface area contributed by atoms with Crippen LogP contribution >= 0.6 is 22.7 Å². The van der Waals surface area contributed by atoms with Crippen LogP contribution in [0.1, 0.15) is 32.0 Å². The molecule has 2 aromatic rings. The first kappa shape index (κ1) is 13.7. The van der Waals surface area contributed by atoms with E-state index < -0.39 is 0 Å². The topological polar surface area (TPSA) is 42.4 Å². The molecule has 2 aromatic heterocycles. The highest BCUT2D eigenvalue weighted by Gasteiger charge is 2.31. The number of aromatic nitrogens is 1. The standard InChI is InChI=1S/C14H16N2O2S2/c1-9-3-6-19-13(9)14(17)16-4-5-18-7-12(16)11-8-20-10(2)15-11/h3,6,8,12H,4-5,7H2,1-2H3. The molecule has 1 aliphatic rings. The number of carbonyl (C=O) groups excluding carboxylic acids is 1. The number of hydrogen-bond acceptors (Lipinski definition) is 5. The van der Waals surface area contributed by atoms with Crippen LogP contribution in [0.2, 0.25) is 0 Å². The Morgan fingerprint density at radius 2 is 2.30 bits per heavy atom. The molecule has 0 spiro atoms. The van der Waals surface area contributed by atoms with Crippen molar-refractivity contribution in [2.75, 3.05) is 19.8 Å². The van der Waals surface area contributed by atoms with E-state index in [1.165, 1.54) is 11.3 Å². The van der Waals surface area contributed by atoms with Gasteiger partial charge in [0, 0.05) is 11.9 Å². The smallest absolute Gasteiger partial charge is 0.264 e. The average Bonchev–Trinajstić information content (AvgIpc) is 3.07. The van der Waals surface area contributed by atoms with Gasteiger partial charge in [0.15, 0.2) is 0 Å². The number of nitrogens with zero attached hydrogens (tertiary/aromatic N) is 2. The second-order valence-electron chi connectivity index (χ2n) is 4.81. The summed E-state index contributed by atoms with van der Waals surface area (Å²) in [7, 11) is 0. The quantitative estimate of drug-likeness (QED) is 0.856.